The number of hydrogen-bond acceptors (Lipinski definition) is 3. The molecule has 0 aromatic heterocycles. The normalized spacial score (nSPS) is 13.2. The lowest BCUT2D eigenvalue weighted by Gasteiger charge is -2.29. The summed E-state index contributed by atoms with van der Waals surface area (Å²) in [5.41, 5.74) is 2.71. The van der Waals surface area contributed by atoms with Gasteiger partial charge in [-0.3, -0.25) is 4.90 Å². The van der Waals surface area contributed by atoms with Gasteiger partial charge in [0.25, 0.3) is 0 Å². The van der Waals surface area contributed by atoms with E-state index < -0.39 is 0 Å². The van der Waals surface area contributed by atoms with Gasteiger partial charge in [0.15, 0.2) is 0 Å². The van der Waals surface area contributed by atoms with Crippen molar-refractivity contribution in [2.75, 3.05) is 31.0 Å². The number of carbonyl (C=O) groups is 1. The van der Waals surface area contributed by atoms with Gasteiger partial charge < -0.3 is 14.8 Å². The van der Waals surface area contributed by atoms with Crippen molar-refractivity contribution in [3.63, 3.8) is 0 Å². The van der Waals surface area contributed by atoms with Crippen LogP contribution in [0.15, 0.2) is 42.5 Å². The molecule has 1 aliphatic rings. The Balaban J connectivity index is 1.89. The fourth-order valence-corrected chi connectivity index (χ4v) is 2.89. The molecule has 5 heteroatoms. The summed E-state index contributed by atoms with van der Waals surface area (Å²) >= 11 is 0. The number of fused-ring (bicyclic) bond motifs is 1. The third-order valence-electron chi connectivity index (χ3n) is 4.02. The average Bonchev–Trinajstić information content (AvgIpc) is 2.61. The van der Waals surface area contributed by atoms with Crippen LogP contribution in [0.4, 0.5) is 16.2 Å². The topological polar surface area (TPSA) is 50.8 Å². The van der Waals surface area contributed by atoms with Crippen molar-refractivity contribution in [1.29, 1.82) is 0 Å². The zero-order chi connectivity index (χ0) is 16.2. The van der Waals surface area contributed by atoms with Crippen LogP contribution in [0.2, 0.25) is 0 Å². The Bertz CT molecular complexity index is 693. The van der Waals surface area contributed by atoms with Gasteiger partial charge in [-0.25, -0.2) is 4.79 Å². The molecule has 5 nitrogen and oxygen atoms in total. The summed E-state index contributed by atoms with van der Waals surface area (Å²) in [6, 6.07) is 13.2. The lowest BCUT2D eigenvalue weighted by Crippen LogP contribution is -2.38. The lowest BCUT2D eigenvalue weighted by molar-refractivity contribution is 0.256. The summed E-state index contributed by atoms with van der Waals surface area (Å²) in [5.74, 6) is 1.14. The molecule has 3 rings (SSSR count). The molecule has 2 aromatic rings. The Morgan fingerprint density at radius 1 is 1.04 bits per heavy atom. The minimum atomic E-state index is -0.181. The molecular formula is C18H20N2O3. The quantitative estimate of drug-likeness (QED) is 0.940. The second kappa shape index (κ2) is 6.60. The molecule has 0 bridgehead atoms. The van der Waals surface area contributed by atoms with Crippen LogP contribution in [0.1, 0.15) is 12.0 Å². The highest BCUT2D eigenvalue weighted by atomic mass is 16.5. The molecular weight excluding hydrogens is 292 g/mol. The summed E-state index contributed by atoms with van der Waals surface area (Å²) in [4.78, 5) is 14.5. The Morgan fingerprint density at radius 2 is 1.74 bits per heavy atom. The predicted octanol–water partition coefficient (Wildman–Crippen LogP) is 3.69. The Labute approximate surface area is 135 Å². The maximum Gasteiger partial charge on any atom is 0.326 e. The van der Waals surface area contributed by atoms with E-state index in [-0.39, 0.29) is 6.03 Å². The monoisotopic (exact) mass is 312 g/mol. The number of methoxy groups -OCH3 is 2. The maximum absolute atomic E-state index is 12.8. The number of amides is 2. The van der Waals surface area contributed by atoms with Crippen LogP contribution in [0.3, 0.4) is 0 Å². The molecule has 1 heterocycles. The van der Waals surface area contributed by atoms with E-state index in [2.05, 4.69) is 11.4 Å². The highest BCUT2D eigenvalue weighted by Crippen LogP contribution is 2.35. The first kappa shape index (κ1) is 15.2. The van der Waals surface area contributed by atoms with E-state index in [0.29, 0.717) is 23.7 Å². The van der Waals surface area contributed by atoms with E-state index in [4.69, 9.17) is 9.47 Å². The third-order valence-corrected chi connectivity index (χ3v) is 4.02. The van der Waals surface area contributed by atoms with Crippen LogP contribution in [-0.4, -0.2) is 26.8 Å². The summed E-state index contributed by atoms with van der Waals surface area (Å²) in [6.45, 7) is 0.695. The fourth-order valence-electron chi connectivity index (χ4n) is 2.89. The zero-order valence-corrected chi connectivity index (χ0v) is 13.3. The highest BCUT2D eigenvalue weighted by Gasteiger charge is 2.24. The summed E-state index contributed by atoms with van der Waals surface area (Å²) in [7, 11) is 3.14. The number of benzene rings is 2. The van der Waals surface area contributed by atoms with Crippen molar-refractivity contribution < 1.29 is 14.3 Å². The number of ether oxygens (including phenoxy) is 2. The van der Waals surface area contributed by atoms with Gasteiger partial charge in [0.2, 0.25) is 0 Å². The van der Waals surface area contributed by atoms with Gasteiger partial charge in [-0.1, -0.05) is 24.3 Å². The van der Waals surface area contributed by atoms with Gasteiger partial charge in [0.05, 0.1) is 14.2 Å². The molecule has 0 unspecified atom stereocenters. The second-order valence-electron chi connectivity index (χ2n) is 5.35. The maximum atomic E-state index is 12.8. The number of nitrogens with one attached hydrogen (secondary N) is 1. The van der Waals surface area contributed by atoms with Crippen molar-refractivity contribution in [3.05, 3.63) is 48.0 Å². The highest BCUT2D eigenvalue weighted by molar-refractivity contribution is 6.04. The molecule has 0 radical (unpaired) electrons. The minimum absolute atomic E-state index is 0.181. The molecule has 0 fully saturated rings. The second-order valence-corrected chi connectivity index (χ2v) is 5.35. The number of nitrogens with zero attached hydrogens (tertiary/aromatic N) is 1. The van der Waals surface area contributed by atoms with Crippen molar-refractivity contribution in [1.82, 2.24) is 0 Å². The zero-order valence-electron chi connectivity index (χ0n) is 13.3. The number of carbonyl (C=O) groups excluding carboxylic acids is 1. The Morgan fingerprint density at radius 3 is 2.43 bits per heavy atom. The lowest BCUT2D eigenvalue weighted by atomic mass is 10.0. The van der Waals surface area contributed by atoms with E-state index in [1.54, 1.807) is 31.3 Å². The average molecular weight is 312 g/mol. The van der Waals surface area contributed by atoms with Crippen LogP contribution in [0, 0.1) is 0 Å². The first-order valence-corrected chi connectivity index (χ1v) is 7.62. The molecule has 0 spiro atoms. The van der Waals surface area contributed by atoms with Gasteiger partial charge in [0.1, 0.15) is 17.2 Å². The molecule has 1 N–H and O–H groups in total. The summed E-state index contributed by atoms with van der Waals surface area (Å²) in [6.07, 6.45) is 1.95. The largest absolute Gasteiger partial charge is 0.494 e. The third kappa shape index (κ3) is 2.95. The van der Waals surface area contributed by atoms with E-state index in [1.807, 2.05) is 24.3 Å². The van der Waals surface area contributed by atoms with E-state index in [1.165, 1.54) is 5.56 Å². The van der Waals surface area contributed by atoms with Crippen LogP contribution in [-0.2, 0) is 6.42 Å². The van der Waals surface area contributed by atoms with Crippen LogP contribution in [0.5, 0.6) is 11.5 Å². The van der Waals surface area contributed by atoms with Gasteiger partial charge in [0, 0.05) is 12.2 Å². The summed E-state index contributed by atoms with van der Waals surface area (Å²) in [5, 5.41) is 2.93. The number of aryl methyl sites for hydroxylation is 1. The van der Waals surface area contributed by atoms with Gasteiger partial charge >= 0.3 is 6.03 Å². The van der Waals surface area contributed by atoms with Crippen LogP contribution >= 0.6 is 0 Å². The number of anilines is 2. The van der Waals surface area contributed by atoms with Crippen molar-refractivity contribution in [2.24, 2.45) is 0 Å². The fraction of sp³-hybridized carbons (Fsp3) is 0.278. The smallest absolute Gasteiger partial charge is 0.326 e. The van der Waals surface area contributed by atoms with Crippen molar-refractivity contribution in [2.45, 2.75) is 12.8 Å². The van der Waals surface area contributed by atoms with Gasteiger partial charge in [-0.2, -0.15) is 0 Å². The number of rotatable bonds is 3. The number of urea groups is 1. The number of para-hydroxylation sites is 2. The standard InChI is InChI=1S/C18H20N2O3/c1-22-15-10-5-11-16(23-2)17(15)19-18(21)20-12-6-8-13-7-3-4-9-14(13)20/h3-5,7,9-11H,6,8,12H2,1-2H3,(H,19,21). The SMILES string of the molecule is COc1cccc(OC)c1NC(=O)N1CCCc2ccccc21. The van der Waals surface area contributed by atoms with E-state index in [0.717, 1.165) is 18.5 Å². The molecule has 2 aromatic carbocycles. The molecule has 120 valence electrons. The molecule has 0 saturated carbocycles. The van der Waals surface area contributed by atoms with Crippen molar-refractivity contribution in [3.8, 4) is 11.5 Å². The Hall–Kier alpha value is -2.69. The van der Waals surface area contributed by atoms with Crippen LogP contribution in [0.25, 0.3) is 0 Å². The van der Waals surface area contributed by atoms with E-state index >= 15 is 0 Å². The van der Waals surface area contributed by atoms with E-state index in [9.17, 15) is 4.79 Å². The predicted molar refractivity (Wildman–Crippen MR) is 90.7 cm³/mol. The Kier molecular flexibility index (Phi) is 4.37. The molecule has 0 aliphatic carbocycles. The molecule has 1 aliphatic heterocycles. The van der Waals surface area contributed by atoms with Gasteiger partial charge in [-0.05, 0) is 36.6 Å². The first-order valence-electron chi connectivity index (χ1n) is 7.62. The molecule has 23 heavy (non-hydrogen) atoms. The first-order chi connectivity index (χ1) is 11.2. The summed E-state index contributed by atoms with van der Waals surface area (Å²) < 4.78 is 10.7. The van der Waals surface area contributed by atoms with Crippen LogP contribution < -0.4 is 19.7 Å². The van der Waals surface area contributed by atoms with Crippen molar-refractivity contribution >= 4 is 17.4 Å². The molecule has 0 atom stereocenters. The minimum Gasteiger partial charge on any atom is -0.494 e. The van der Waals surface area contributed by atoms with Gasteiger partial charge in [-0.15, -0.1) is 0 Å². The molecule has 0 saturated heterocycles. The molecule has 2 amide bonds. The number of hydrogen-bond donors (Lipinski definition) is 1.